The fraction of sp³-hybridized carbons (Fsp3) is 0.636. The van der Waals surface area contributed by atoms with Crippen LogP contribution in [0.5, 0.6) is 5.75 Å². The van der Waals surface area contributed by atoms with Crippen LogP contribution in [0.4, 0.5) is 17.6 Å². The number of ether oxygens (including phenoxy) is 3. The van der Waals surface area contributed by atoms with Gasteiger partial charge < -0.3 is 18.8 Å². The Morgan fingerprint density at radius 1 is 1.14 bits per heavy atom. The highest BCUT2D eigenvalue weighted by Gasteiger charge is 2.69. The molecule has 4 saturated carbocycles. The molecule has 14 heteroatoms. The summed E-state index contributed by atoms with van der Waals surface area (Å²) in [4.78, 5) is 25.9. The second kappa shape index (κ2) is 8.16. The first-order valence-electron chi connectivity index (χ1n) is 11.2. The summed E-state index contributed by atoms with van der Waals surface area (Å²) >= 11 is 2.06. The van der Waals surface area contributed by atoms with Crippen LogP contribution in [0.2, 0.25) is 0 Å². The summed E-state index contributed by atoms with van der Waals surface area (Å²) in [5.41, 5.74) is -0.792. The number of carbonyl (C=O) groups excluding carboxylic acids is 2. The van der Waals surface area contributed by atoms with E-state index in [1.807, 2.05) is 0 Å². The number of esters is 2. The lowest BCUT2D eigenvalue weighted by atomic mass is 9.47. The summed E-state index contributed by atoms with van der Waals surface area (Å²) < 4.78 is 104. The van der Waals surface area contributed by atoms with Crippen molar-refractivity contribution in [1.82, 2.24) is 0 Å². The van der Waals surface area contributed by atoms with Gasteiger partial charge in [-0.15, -0.1) is 0 Å². The molecule has 1 aliphatic heterocycles. The quantitative estimate of drug-likeness (QED) is 0.196. The molecule has 198 valence electrons. The van der Waals surface area contributed by atoms with Gasteiger partial charge in [-0.2, -0.15) is 17.6 Å². The molecule has 0 aromatic heterocycles. The van der Waals surface area contributed by atoms with Crippen molar-refractivity contribution in [2.45, 2.75) is 55.5 Å². The smallest absolute Gasteiger partial charge is 0.396 e. The van der Waals surface area contributed by atoms with Crippen molar-refractivity contribution in [3.05, 3.63) is 27.3 Å². The second-order valence-corrected chi connectivity index (χ2v) is 12.7. The maximum Gasteiger partial charge on any atom is 0.396 e. The molecule has 0 amide bonds. The van der Waals surface area contributed by atoms with Gasteiger partial charge in [0.25, 0.3) is 5.79 Å². The fourth-order valence-corrected chi connectivity index (χ4v) is 7.37. The number of hydrogen-bond acceptors (Lipinski definition) is 8. The average molecular weight is 647 g/mol. The lowest BCUT2D eigenvalue weighted by Crippen LogP contribution is -2.67. The fourth-order valence-electron chi connectivity index (χ4n) is 6.41. The Hall–Kier alpha value is -1.68. The molecule has 36 heavy (non-hydrogen) atoms. The Labute approximate surface area is 216 Å². The highest BCUT2D eigenvalue weighted by molar-refractivity contribution is 14.1. The van der Waals surface area contributed by atoms with Gasteiger partial charge >= 0.3 is 23.1 Å². The number of halogens is 5. The molecule has 1 aromatic rings. The first-order valence-corrected chi connectivity index (χ1v) is 13.7. The van der Waals surface area contributed by atoms with Gasteiger partial charge in [-0.1, -0.05) is 0 Å². The van der Waals surface area contributed by atoms with Crippen LogP contribution in [0, 0.1) is 26.7 Å². The van der Waals surface area contributed by atoms with Crippen molar-refractivity contribution < 1.29 is 54.3 Å². The van der Waals surface area contributed by atoms with Gasteiger partial charge in [-0.3, -0.25) is 4.79 Å². The van der Waals surface area contributed by atoms with Crippen LogP contribution >= 0.6 is 22.6 Å². The Kier molecular flexibility index (Phi) is 5.88. The summed E-state index contributed by atoms with van der Waals surface area (Å²) in [5, 5.41) is -5.84. The third-order valence-electron chi connectivity index (χ3n) is 7.83. The highest BCUT2D eigenvalue weighted by atomic mass is 127. The van der Waals surface area contributed by atoms with E-state index in [-0.39, 0.29) is 30.6 Å². The zero-order chi connectivity index (χ0) is 26.3. The van der Waals surface area contributed by atoms with Gasteiger partial charge in [0.15, 0.2) is 10.1 Å². The third-order valence-corrected chi connectivity index (χ3v) is 9.43. The summed E-state index contributed by atoms with van der Waals surface area (Å²) in [7, 11) is -6.62. The van der Waals surface area contributed by atoms with E-state index >= 15 is 0 Å². The zero-order valence-electron chi connectivity index (χ0n) is 18.5. The molecular weight excluding hydrogens is 627 g/mol. The molecule has 0 N–H and O–H groups in total. The Morgan fingerprint density at radius 3 is 2.39 bits per heavy atom. The minimum atomic E-state index is -6.62. The molecule has 0 radical (unpaired) electrons. The van der Waals surface area contributed by atoms with Crippen LogP contribution in [0.15, 0.2) is 18.2 Å². The maximum atomic E-state index is 13.7. The van der Waals surface area contributed by atoms with Crippen molar-refractivity contribution in [1.29, 1.82) is 0 Å². The maximum absolute atomic E-state index is 13.7. The number of alkyl halides is 4. The number of carbonyl (C=O) groups is 2. The van der Waals surface area contributed by atoms with E-state index in [9.17, 15) is 40.1 Å². The van der Waals surface area contributed by atoms with E-state index in [1.165, 1.54) is 0 Å². The van der Waals surface area contributed by atoms with Gasteiger partial charge in [-0.05, 0) is 78.8 Å². The molecule has 1 aromatic carbocycles. The van der Waals surface area contributed by atoms with Crippen molar-refractivity contribution in [3.63, 3.8) is 0 Å². The van der Waals surface area contributed by atoms with E-state index in [2.05, 4.69) is 22.6 Å². The van der Waals surface area contributed by atoms with Gasteiger partial charge in [0.05, 0.1) is 18.4 Å². The summed E-state index contributed by atoms with van der Waals surface area (Å²) in [6.45, 7) is -1.19. The summed E-state index contributed by atoms with van der Waals surface area (Å²) in [5.74, 6) is -8.17. The van der Waals surface area contributed by atoms with Crippen molar-refractivity contribution in [2.24, 2.45) is 23.2 Å². The Bertz CT molecular complexity index is 1220. The molecule has 1 heterocycles. The monoisotopic (exact) mass is 647 g/mol. The van der Waals surface area contributed by atoms with Gasteiger partial charge in [0, 0.05) is 15.4 Å². The van der Waals surface area contributed by atoms with Crippen LogP contribution in [0.25, 0.3) is 0 Å². The molecule has 4 aliphatic carbocycles. The van der Waals surface area contributed by atoms with E-state index in [0.29, 0.717) is 30.6 Å². The van der Waals surface area contributed by atoms with E-state index in [0.717, 1.165) is 3.57 Å². The highest BCUT2D eigenvalue weighted by Crippen LogP contribution is 2.66. The van der Waals surface area contributed by atoms with Crippen LogP contribution in [0.1, 0.15) is 48.9 Å². The van der Waals surface area contributed by atoms with Gasteiger partial charge in [0.2, 0.25) is 0 Å². The molecule has 4 bridgehead atoms. The minimum Gasteiger partial charge on any atom is -0.743 e. The lowest BCUT2D eigenvalue weighted by Gasteiger charge is -2.62. The van der Waals surface area contributed by atoms with Crippen molar-refractivity contribution >= 4 is 44.6 Å². The Balaban J connectivity index is 1.31. The lowest BCUT2D eigenvalue weighted by molar-refractivity contribution is -0.294. The molecule has 6 rings (SSSR count). The third kappa shape index (κ3) is 3.80. The van der Waals surface area contributed by atoms with Crippen LogP contribution in [0.3, 0.4) is 0 Å². The van der Waals surface area contributed by atoms with Crippen LogP contribution in [-0.2, 0) is 24.4 Å². The standard InChI is InChI=1S/C22H21F4IO8S/c23-20(24,22(25,26)36(30,31)32)3-4-33-18(29)19-8-11-5-12(9-19)21(13(6-11)10-19)34-16-2-1-14(27)7-15(16)17(28)35-21/h1-2,7,11-13H,3-6,8-10H2,(H,30,31,32)/p-1. The molecule has 1 spiro atoms. The molecule has 0 saturated heterocycles. The van der Waals surface area contributed by atoms with E-state index < -0.39 is 57.5 Å². The number of hydrogen-bond donors (Lipinski definition) is 0. The molecular formula is C22H20F4IO8S-. The number of fused-ring (bicyclic) bond motifs is 1. The molecule has 4 fully saturated rings. The average Bonchev–Trinajstić information content (AvgIpc) is 2.76. The van der Waals surface area contributed by atoms with E-state index in [4.69, 9.17) is 14.2 Å². The minimum absolute atomic E-state index is 0.0671. The largest absolute Gasteiger partial charge is 0.743 e. The number of benzene rings is 1. The summed E-state index contributed by atoms with van der Waals surface area (Å²) in [6.07, 6.45) is 0.175. The predicted molar refractivity (Wildman–Crippen MR) is 119 cm³/mol. The molecule has 8 nitrogen and oxygen atoms in total. The van der Waals surface area contributed by atoms with Crippen molar-refractivity contribution in [3.8, 4) is 5.75 Å². The second-order valence-electron chi connectivity index (χ2n) is 10.0. The molecule has 2 atom stereocenters. The first-order chi connectivity index (χ1) is 16.6. The zero-order valence-corrected chi connectivity index (χ0v) is 21.5. The topological polar surface area (TPSA) is 119 Å². The SMILES string of the molecule is O=C1OC2(Oc3ccc(I)cc31)C1CC3CC2CC(C(=O)OCCC(F)(F)C(F)(F)S(=O)(=O)[O-])(C3)C1. The Morgan fingerprint density at radius 2 is 1.78 bits per heavy atom. The normalized spacial score (nSPS) is 33.2. The van der Waals surface area contributed by atoms with Gasteiger partial charge in [0.1, 0.15) is 11.3 Å². The molecule has 5 aliphatic rings. The predicted octanol–water partition coefficient (Wildman–Crippen LogP) is 4.07. The van der Waals surface area contributed by atoms with Gasteiger partial charge in [-0.25, -0.2) is 13.2 Å². The first kappa shape index (κ1) is 25.9. The van der Waals surface area contributed by atoms with E-state index in [1.54, 1.807) is 18.2 Å². The van der Waals surface area contributed by atoms with Crippen LogP contribution < -0.4 is 4.74 Å². The summed E-state index contributed by atoms with van der Waals surface area (Å²) in [6, 6.07) is 5.13. The molecule has 2 unspecified atom stereocenters. The van der Waals surface area contributed by atoms with Crippen molar-refractivity contribution in [2.75, 3.05) is 6.61 Å². The number of rotatable bonds is 6. The van der Waals surface area contributed by atoms with Crippen LogP contribution in [-0.4, -0.2) is 48.5 Å².